The van der Waals surface area contributed by atoms with Crippen molar-refractivity contribution in [2.45, 2.75) is 19.1 Å². The maximum atomic E-state index is 10.8. The Hall–Kier alpha value is -2.57. The van der Waals surface area contributed by atoms with E-state index < -0.39 is 22.8 Å². The fraction of sp³-hybridized carbons (Fsp3) is 0.364. The van der Waals surface area contributed by atoms with Crippen LogP contribution in [0.25, 0.3) is 0 Å². The molecule has 1 aromatic heterocycles. The summed E-state index contributed by atoms with van der Waals surface area (Å²) in [6.07, 6.45) is -1.76. The standard InChI is InChI=1S/C11H12N4O5/c1-6(16)13-5-10(17)11(18)7-2-9(15(19)20)8(3-12)14-4-7/h2,4,10-11,17-18H,5H2,1H3,(H,13,16). The van der Waals surface area contributed by atoms with Crippen LogP contribution >= 0.6 is 0 Å². The summed E-state index contributed by atoms with van der Waals surface area (Å²) in [7, 11) is 0. The normalized spacial score (nSPS) is 13.1. The number of nitro groups is 1. The predicted octanol–water partition coefficient (Wildman–Crippen LogP) is -0.608. The van der Waals surface area contributed by atoms with Gasteiger partial charge in [-0.15, -0.1) is 0 Å². The Labute approximate surface area is 113 Å². The number of hydrogen-bond acceptors (Lipinski definition) is 7. The van der Waals surface area contributed by atoms with Gasteiger partial charge in [0.15, 0.2) is 0 Å². The first-order valence-electron chi connectivity index (χ1n) is 5.51. The number of nitrogens with one attached hydrogen (secondary N) is 1. The highest BCUT2D eigenvalue weighted by Crippen LogP contribution is 2.23. The van der Waals surface area contributed by atoms with Crippen molar-refractivity contribution in [2.24, 2.45) is 0 Å². The molecule has 0 aromatic carbocycles. The molecule has 3 N–H and O–H groups in total. The first-order chi connectivity index (χ1) is 9.36. The van der Waals surface area contributed by atoms with Gasteiger partial charge < -0.3 is 15.5 Å². The van der Waals surface area contributed by atoms with Gasteiger partial charge in [0.25, 0.3) is 0 Å². The summed E-state index contributed by atoms with van der Waals surface area (Å²) in [5, 5.41) is 41.2. The van der Waals surface area contributed by atoms with E-state index in [0.717, 1.165) is 12.3 Å². The van der Waals surface area contributed by atoms with Crippen molar-refractivity contribution >= 4 is 11.6 Å². The van der Waals surface area contributed by atoms with Gasteiger partial charge in [-0.3, -0.25) is 14.9 Å². The van der Waals surface area contributed by atoms with Gasteiger partial charge in [-0.25, -0.2) is 4.98 Å². The lowest BCUT2D eigenvalue weighted by Crippen LogP contribution is -2.34. The Morgan fingerprint density at radius 1 is 1.65 bits per heavy atom. The second-order valence-corrected chi connectivity index (χ2v) is 3.95. The van der Waals surface area contributed by atoms with Crippen LogP contribution < -0.4 is 5.32 Å². The molecule has 0 saturated heterocycles. The zero-order chi connectivity index (χ0) is 15.3. The molecule has 0 saturated carbocycles. The van der Waals surface area contributed by atoms with Gasteiger partial charge in [-0.1, -0.05) is 0 Å². The van der Waals surface area contributed by atoms with Crippen LogP contribution in [0, 0.1) is 21.4 Å². The Morgan fingerprint density at radius 3 is 2.80 bits per heavy atom. The fourth-order valence-corrected chi connectivity index (χ4v) is 1.44. The van der Waals surface area contributed by atoms with Crippen molar-refractivity contribution in [1.29, 1.82) is 5.26 Å². The average Bonchev–Trinajstić information content (AvgIpc) is 2.42. The molecule has 0 aliphatic heterocycles. The summed E-state index contributed by atoms with van der Waals surface area (Å²) >= 11 is 0. The average molecular weight is 280 g/mol. The molecule has 2 atom stereocenters. The van der Waals surface area contributed by atoms with E-state index in [1.807, 2.05) is 0 Å². The number of carbonyl (C=O) groups excluding carboxylic acids is 1. The molecule has 1 rings (SSSR count). The number of pyridine rings is 1. The fourth-order valence-electron chi connectivity index (χ4n) is 1.44. The molecule has 0 radical (unpaired) electrons. The Kier molecular flexibility index (Phi) is 5.08. The number of carbonyl (C=O) groups is 1. The number of hydrogen-bond donors (Lipinski definition) is 3. The SMILES string of the molecule is CC(=O)NCC(O)C(O)c1cnc(C#N)c([N+](=O)[O-])c1. The Morgan fingerprint density at radius 2 is 2.30 bits per heavy atom. The van der Waals surface area contributed by atoms with Crippen molar-refractivity contribution in [3.63, 3.8) is 0 Å². The summed E-state index contributed by atoms with van der Waals surface area (Å²) in [4.78, 5) is 24.2. The molecule has 0 bridgehead atoms. The van der Waals surface area contributed by atoms with Gasteiger partial charge in [0.2, 0.25) is 11.6 Å². The molecule has 0 aliphatic rings. The van der Waals surface area contributed by atoms with Gasteiger partial charge in [0.05, 0.1) is 4.92 Å². The first kappa shape index (κ1) is 15.5. The zero-order valence-corrected chi connectivity index (χ0v) is 10.5. The van der Waals surface area contributed by atoms with Crippen molar-refractivity contribution in [3.8, 4) is 6.07 Å². The number of nitrogens with zero attached hydrogens (tertiary/aromatic N) is 3. The highest BCUT2D eigenvalue weighted by Gasteiger charge is 2.23. The van der Waals surface area contributed by atoms with Crippen molar-refractivity contribution in [3.05, 3.63) is 33.6 Å². The molecule has 20 heavy (non-hydrogen) atoms. The second kappa shape index (κ2) is 6.55. The molecule has 1 heterocycles. The lowest BCUT2D eigenvalue weighted by Gasteiger charge is -2.17. The number of nitriles is 1. The summed E-state index contributed by atoms with van der Waals surface area (Å²) in [5.74, 6) is -0.389. The minimum absolute atomic E-state index is 0.0199. The van der Waals surface area contributed by atoms with Crippen LogP contribution in [0.5, 0.6) is 0 Å². The number of rotatable bonds is 5. The van der Waals surface area contributed by atoms with Gasteiger partial charge in [-0.2, -0.15) is 5.26 Å². The van der Waals surface area contributed by atoms with Gasteiger partial charge in [0.1, 0.15) is 18.3 Å². The van der Waals surface area contributed by atoms with Gasteiger partial charge in [-0.05, 0) is 0 Å². The maximum absolute atomic E-state index is 10.8. The maximum Gasteiger partial charge on any atom is 0.306 e. The molecule has 2 unspecified atom stereocenters. The summed E-state index contributed by atoms with van der Waals surface area (Å²) in [6, 6.07) is 2.52. The highest BCUT2D eigenvalue weighted by atomic mass is 16.6. The van der Waals surface area contributed by atoms with E-state index in [1.54, 1.807) is 6.07 Å². The summed E-state index contributed by atoms with van der Waals surface area (Å²) < 4.78 is 0. The zero-order valence-electron chi connectivity index (χ0n) is 10.5. The molecule has 1 amide bonds. The molecule has 9 heteroatoms. The largest absolute Gasteiger partial charge is 0.388 e. The Bertz CT molecular complexity index is 568. The van der Waals surface area contributed by atoms with Crippen LogP contribution in [0.15, 0.2) is 12.3 Å². The smallest absolute Gasteiger partial charge is 0.306 e. The van der Waals surface area contributed by atoms with Gasteiger partial charge >= 0.3 is 5.69 Å². The van der Waals surface area contributed by atoms with Gasteiger partial charge in [0, 0.05) is 31.3 Å². The molecule has 1 aromatic rings. The number of aliphatic hydroxyl groups is 2. The minimum Gasteiger partial charge on any atom is -0.388 e. The van der Waals surface area contributed by atoms with E-state index in [1.165, 1.54) is 6.92 Å². The summed E-state index contributed by atoms with van der Waals surface area (Å²) in [5.41, 5.74) is -0.966. The first-order valence-corrected chi connectivity index (χ1v) is 5.51. The molecular formula is C11H12N4O5. The monoisotopic (exact) mass is 280 g/mol. The van der Waals surface area contributed by atoms with Crippen LogP contribution in [0.3, 0.4) is 0 Å². The lowest BCUT2D eigenvalue weighted by atomic mass is 10.1. The molecule has 0 aliphatic carbocycles. The van der Waals surface area contributed by atoms with Crippen LogP contribution in [0.4, 0.5) is 5.69 Å². The molecule has 106 valence electrons. The quantitative estimate of drug-likeness (QED) is 0.481. The van der Waals surface area contributed by atoms with Crippen molar-refractivity contribution < 1.29 is 19.9 Å². The van der Waals surface area contributed by atoms with Crippen molar-refractivity contribution in [1.82, 2.24) is 10.3 Å². The molecular weight excluding hydrogens is 268 g/mol. The van der Waals surface area contributed by atoms with E-state index >= 15 is 0 Å². The molecule has 0 fully saturated rings. The number of amides is 1. The van der Waals surface area contributed by atoms with E-state index in [4.69, 9.17) is 5.26 Å². The lowest BCUT2D eigenvalue weighted by molar-refractivity contribution is -0.385. The predicted molar refractivity (Wildman–Crippen MR) is 65.3 cm³/mol. The van der Waals surface area contributed by atoms with Crippen LogP contribution in [0.2, 0.25) is 0 Å². The topological polar surface area (TPSA) is 149 Å². The van der Waals surface area contributed by atoms with E-state index in [9.17, 15) is 25.1 Å². The molecule has 9 nitrogen and oxygen atoms in total. The number of aromatic nitrogens is 1. The second-order valence-electron chi connectivity index (χ2n) is 3.95. The van der Waals surface area contributed by atoms with Crippen LogP contribution in [-0.4, -0.2) is 38.7 Å². The van der Waals surface area contributed by atoms with Crippen LogP contribution in [0.1, 0.15) is 24.3 Å². The number of aliphatic hydroxyl groups excluding tert-OH is 2. The Balaban J connectivity index is 2.96. The van der Waals surface area contributed by atoms with Crippen molar-refractivity contribution in [2.75, 3.05) is 6.54 Å². The third-order valence-electron chi connectivity index (χ3n) is 2.46. The minimum atomic E-state index is -1.47. The molecule has 0 spiro atoms. The summed E-state index contributed by atoms with van der Waals surface area (Å²) in [6.45, 7) is 1.03. The van der Waals surface area contributed by atoms with Crippen LogP contribution in [-0.2, 0) is 4.79 Å². The van der Waals surface area contributed by atoms with E-state index in [0.29, 0.717) is 0 Å². The van der Waals surface area contributed by atoms with E-state index in [2.05, 4.69) is 10.3 Å². The third-order valence-corrected chi connectivity index (χ3v) is 2.46. The third kappa shape index (κ3) is 3.71. The highest BCUT2D eigenvalue weighted by molar-refractivity contribution is 5.72. The van der Waals surface area contributed by atoms with E-state index in [-0.39, 0.29) is 23.7 Å².